The van der Waals surface area contributed by atoms with Crippen molar-refractivity contribution < 1.29 is 22.7 Å². The summed E-state index contributed by atoms with van der Waals surface area (Å²) in [7, 11) is -2.27. The molecule has 1 aromatic carbocycles. The van der Waals surface area contributed by atoms with E-state index in [-0.39, 0.29) is 23.8 Å². The zero-order valence-electron chi connectivity index (χ0n) is 8.60. The summed E-state index contributed by atoms with van der Waals surface area (Å²) in [5.74, 6) is -1.23. The minimum Gasteiger partial charge on any atom is -0.506 e. The van der Waals surface area contributed by atoms with Crippen LogP contribution in [0.25, 0.3) is 0 Å². The van der Waals surface area contributed by atoms with E-state index in [1.807, 2.05) is 0 Å². The van der Waals surface area contributed by atoms with E-state index in [9.17, 15) is 17.9 Å². The second-order valence-electron chi connectivity index (χ2n) is 3.08. The highest BCUT2D eigenvalue weighted by Crippen LogP contribution is 2.24. The summed E-state index contributed by atoms with van der Waals surface area (Å²) in [5, 5.41) is 9.30. The number of anilines is 1. The van der Waals surface area contributed by atoms with Gasteiger partial charge in [0.05, 0.1) is 18.0 Å². The van der Waals surface area contributed by atoms with Gasteiger partial charge in [-0.15, -0.1) is 0 Å². The Morgan fingerprint density at radius 3 is 2.81 bits per heavy atom. The fraction of sp³-hybridized carbons (Fsp3) is 0.333. The lowest BCUT2D eigenvalue weighted by molar-refractivity contribution is 0.217. The van der Waals surface area contributed by atoms with Gasteiger partial charge in [-0.05, 0) is 12.1 Å². The molecular formula is C9H12FNO4S. The first-order valence-corrected chi connectivity index (χ1v) is 6.08. The Morgan fingerprint density at radius 2 is 2.19 bits per heavy atom. The zero-order chi connectivity index (χ0) is 12.2. The Morgan fingerprint density at radius 1 is 1.50 bits per heavy atom. The van der Waals surface area contributed by atoms with Crippen LogP contribution in [0.3, 0.4) is 0 Å². The minimum absolute atomic E-state index is 0.0193. The Labute approximate surface area is 92.9 Å². The molecule has 0 spiro atoms. The molecule has 16 heavy (non-hydrogen) atoms. The van der Waals surface area contributed by atoms with E-state index in [4.69, 9.17) is 0 Å². The number of phenols is 1. The average Bonchev–Trinajstić information content (AvgIpc) is 2.20. The van der Waals surface area contributed by atoms with Crippen molar-refractivity contribution in [3.63, 3.8) is 0 Å². The van der Waals surface area contributed by atoms with Crippen LogP contribution < -0.4 is 4.72 Å². The molecule has 2 N–H and O–H groups in total. The molecule has 0 atom stereocenters. The third-order valence-corrected chi connectivity index (χ3v) is 3.02. The van der Waals surface area contributed by atoms with Gasteiger partial charge in [0.2, 0.25) is 10.0 Å². The number of halogens is 1. The summed E-state index contributed by atoms with van der Waals surface area (Å²) in [6.07, 6.45) is 0. The molecule has 1 aromatic rings. The van der Waals surface area contributed by atoms with Crippen molar-refractivity contribution in [3.8, 4) is 5.75 Å². The summed E-state index contributed by atoms with van der Waals surface area (Å²) in [6, 6.07) is 3.01. The highest BCUT2D eigenvalue weighted by molar-refractivity contribution is 7.92. The number of hydrogen-bond donors (Lipinski definition) is 2. The summed E-state index contributed by atoms with van der Waals surface area (Å²) in [6.45, 7) is 0.0193. The molecule has 0 aromatic heterocycles. The van der Waals surface area contributed by atoms with Crippen LogP contribution in [0, 0.1) is 5.82 Å². The number of benzene rings is 1. The third kappa shape index (κ3) is 3.67. The fourth-order valence-electron chi connectivity index (χ4n) is 1.00. The molecular weight excluding hydrogens is 237 g/mol. The van der Waals surface area contributed by atoms with Crippen LogP contribution in [0.15, 0.2) is 18.2 Å². The second kappa shape index (κ2) is 5.13. The van der Waals surface area contributed by atoms with E-state index in [2.05, 4.69) is 9.46 Å². The standard InChI is InChI=1S/C9H12FNO4S/c1-15-4-5-16(13,14)11-8-6-7(10)2-3-9(8)12/h2-3,6,11-12H,4-5H2,1H3. The van der Waals surface area contributed by atoms with E-state index < -0.39 is 15.8 Å². The average molecular weight is 249 g/mol. The molecule has 0 aliphatic carbocycles. The molecule has 0 saturated heterocycles. The van der Waals surface area contributed by atoms with Crippen molar-refractivity contribution in [2.45, 2.75) is 0 Å². The normalized spacial score (nSPS) is 11.4. The number of rotatable bonds is 5. The Hall–Kier alpha value is -1.34. The summed E-state index contributed by atoms with van der Waals surface area (Å²) in [5.41, 5.74) is -0.184. The number of phenolic OH excluding ortho intramolecular Hbond substituents is 1. The maximum absolute atomic E-state index is 12.8. The van der Waals surface area contributed by atoms with Crippen molar-refractivity contribution in [1.29, 1.82) is 0 Å². The van der Waals surface area contributed by atoms with Crippen molar-refractivity contribution >= 4 is 15.7 Å². The van der Waals surface area contributed by atoms with Gasteiger partial charge in [-0.25, -0.2) is 12.8 Å². The molecule has 90 valence electrons. The van der Waals surface area contributed by atoms with Crippen LogP contribution in [0.4, 0.5) is 10.1 Å². The molecule has 5 nitrogen and oxygen atoms in total. The summed E-state index contributed by atoms with van der Waals surface area (Å²) >= 11 is 0. The van der Waals surface area contributed by atoms with Crippen molar-refractivity contribution in [3.05, 3.63) is 24.0 Å². The number of ether oxygens (including phenoxy) is 1. The smallest absolute Gasteiger partial charge is 0.235 e. The van der Waals surface area contributed by atoms with Crippen LogP contribution >= 0.6 is 0 Å². The number of aromatic hydroxyl groups is 1. The van der Waals surface area contributed by atoms with Gasteiger partial charge < -0.3 is 9.84 Å². The van der Waals surface area contributed by atoms with Crippen LogP contribution in [-0.2, 0) is 14.8 Å². The summed E-state index contributed by atoms with van der Waals surface area (Å²) in [4.78, 5) is 0. The first-order valence-electron chi connectivity index (χ1n) is 4.42. The molecule has 0 aliphatic heterocycles. The molecule has 0 saturated carbocycles. The Bertz CT molecular complexity index is 461. The van der Waals surface area contributed by atoms with Gasteiger partial charge in [0.25, 0.3) is 0 Å². The minimum atomic E-state index is -3.64. The lowest BCUT2D eigenvalue weighted by Crippen LogP contribution is -2.19. The van der Waals surface area contributed by atoms with E-state index in [1.165, 1.54) is 7.11 Å². The topological polar surface area (TPSA) is 75.6 Å². The first-order chi connectivity index (χ1) is 7.44. The molecule has 0 fully saturated rings. The van der Waals surface area contributed by atoms with E-state index >= 15 is 0 Å². The highest BCUT2D eigenvalue weighted by atomic mass is 32.2. The SMILES string of the molecule is COCCS(=O)(=O)Nc1cc(F)ccc1O. The van der Waals surface area contributed by atoms with Gasteiger partial charge in [-0.1, -0.05) is 0 Å². The van der Waals surface area contributed by atoms with Gasteiger partial charge in [-0.2, -0.15) is 0 Å². The van der Waals surface area contributed by atoms with Crippen molar-refractivity contribution in [2.24, 2.45) is 0 Å². The van der Waals surface area contributed by atoms with E-state index in [0.29, 0.717) is 0 Å². The van der Waals surface area contributed by atoms with Crippen LogP contribution in [0.1, 0.15) is 0 Å². The number of sulfonamides is 1. The number of methoxy groups -OCH3 is 1. The summed E-state index contributed by atoms with van der Waals surface area (Å²) < 4.78 is 42.3. The van der Waals surface area contributed by atoms with Gasteiger partial charge in [0.15, 0.2) is 0 Å². The third-order valence-electron chi connectivity index (χ3n) is 1.78. The maximum atomic E-state index is 12.8. The Kier molecular flexibility index (Phi) is 4.08. The van der Waals surface area contributed by atoms with Crippen LogP contribution in [0.2, 0.25) is 0 Å². The number of nitrogens with one attached hydrogen (secondary N) is 1. The van der Waals surface area contributed by atoms with Crippen molar-refractivity contribution in [1.82, 2.24) is 0 Å². The molecule has 1 rings (SSSR count). The molecule has 7 heteroatoms. The predicted molar refractivity (Wildman–Crippen MR) is 57.4 cm³/mol. The number of hydrogen-bond acceptors (Lipinski definition) is 4. The van der Waals surface area contributed by atoms with E-state index in [0.717, 1.165) is 18.2 Å². The first kappa shape index (κ1) is 12.7. The van der Waals surface area contributed by atoms with E-state index in [1.54, 1.807) is 0 Å². The molecule has 0 radical (unpaired) electrons. The van der Waals surface area contributed by atoms with Crippen molar-refractivity contribution in [2.75, 3.05) is 24.2 Å². The monoisotopic (exact) mass is 249 g/mol. The van der Waals surface area contributed by atoms with Crippen LogP contribution in [-0.4, -0.2) is 33.0 Å². The van der Waals surface area contributed by atoms with Gasteiger partial charge in [0.1, 0.15) is 11.6 Å². The molecule has 0 bridgehead atoms. The molecule has 0 aliphatic rings. The van der Waals surface area contributed by atoms with Gasteiger partial charge >= 0.3 is 0 Å². The maximum Gasteiger partial charge on any atom is 0.235 e. The Balaban J connectivity index is 2.83. The zero-order valence-corrected chi connectivity index (χ0v) is 9.42. The van der Waals surface area contributed by atoms with Gasteiger partial charge in [-0.3, -0.25) is 4.72 Å². The second-order valence-corrected chi connectivity index (χ2v) is 4.92. The van der Waals surface area contributed by atoms with Crippen LogP contribution in [0.5, 0.6) is 5.75 Å². The fourth-order valence-corrected chi connectivity index (χ4v) is 1.99. The van der Waals surface area contributed by atoms with Gasteiger partial charge in [0, 0.05) is 13.2 Å². The quantitative estimate of drug-likeness (QED) is 0.761. The molecule has 0 amide bonds. The largest absolute Gasteiger partial charge is 0.506 e. The molecule has 0 unspecified atom stereocenters. The predicted octanol–water partition coefficient (Wildman–Crippen LogP) is 0.919. The molecule has 0 heterocycles. The lowest BCUT2D eigenvalue weighted by Gasteiger charge is -2.08. The highest BCUT2D eigenvalue weighted by Gasteiger charge is 2.13. The lowest BCUT2D eigenvalue weighted by atomic mass is 10.3.